The van der Waals surface area contributed by atoms with Gasteiger partial charge in [0.1, 0.15) is 5.25 Å². The van der Waals surface area contributed by atoms with E-state index in [0.717, 1.165) is 0 Å². The molecule has 102 valence electrons. The Labute approximate surface area is 104 Å². The van der Waals surface area contributed by atoms with E-state index in [1.807, 2.05) is 20.8 Å². The van der Waals surface area contributed by atoms with E-state index in [-0.39, 0.29) is 5.75 Å². The lowest BCUT2D eigenvalue weighted by atomic mass is 10.2. The molecule has 0 heterocycles. The van der Waals surface area contributed by atoms with Gasteiger partial charge in [-0.3, -0.25) is 4.79 Å². The highest BCUT2D eigenvalue weighted by Crippen LogP contribution is 2.05. The Morgan fingerprint density at radius 2 is 1.82 bits per heavy atom. The van der Waals surface area contributed by atoms with Gasteiger partial charge in [-0.1, -0.05) is 20.8 Å². The molecule has 0 aliphatic heterocycles. The maximum Gasteiger partial charge on any atom is 0.238 e. The first-order valence-corrected chi connectivity index (χ1v) is 7.67. The summed E-state index contributed by atoms with van der Waals surface area (Å²) in [5.74, 6) is -0.284. The van der Waals surface area contributed by atoms with Gasteiger partial charge >= 0.3 is 0 Å². The molecule has 0 aromatic carbocycles. The largest absolute Gasteiger partial charge is 0.355 e. The average molecular weight is 264 g/mol. The summed E-state index contributed by atoms with van der Waals surface area (Å²) in [7, 11) is -3.46. The van der Waals surface area contributed by atoms with E-state index in [4.69, 9.17) is 5.73 Å². The first kappa shape index (κ1) is 16.4. The third-order valence-corrected chi connectivity index (χ3v) is 4.75. The van der Waals surface area contributed by atoms with E-state index in [2.05, 4.69) is 5.32 Å². The van der Waals surface area contributed by atoms with Crippen LogP contribution in [0.2, 0.25) is 0 Å². The Morgan fingerprint density at radius 1 is 1.29 bits per heavy atom. The van der Waals surface area contributed by atoms with Gasteiger partial charge in [-0.25, -0.2) is 8.42 Å². The minimum absolute atomic E-state index is 0.139. The number of nitrogens with one attached hydrogen (secondary N) is 1. The van der Waals surface area contributed by atoms with Gasteiger partial charge in [-0.05, 0) is 19.3 Å². The van der Waals surface area contributed by atoms with Gasteiger partial charge in [-0.2, -0.15) is 0 Å². The summed E-state index contributed by atoms with van der Waals surface area (Å²) in [6, 6.07) is -0.402. The lowest BCUT2D eigenvalue weighted by molar-refractivity contribution is -0.120. The van der Waals surface area contributed by atoms with Gasteiger partial charge in [-0.15, -0.1) is 0 Å². The van der Waals surface area contributed by atoms with Crippen molar-refractivity contribution in [1.29, 1.82) is 0 Å². The number of rotatable bonds is 7. The number of sulfone groups is 1. The Kier molecular flexibility index (Phi) is 6.70. The van der Waals surface area contributed by atoms with E-state index in [1.165, 1.54) is 6.92 Å². The van der Waals surface area contributed by atoms with Crippen LogP contribution in [0.3, 0.4) is 0 Å². The molecule has 6 heteroatoms. The summed E-state index contributed by atoms with van der Waals surface area (Å²) in [5, 5.41) is 1.59. The van der Waals surface area contributed by atoms with Crippen LogP contribution >= 0.6 is 0 Å². The second kappa shape index (κ2) is 6.96. The highest BCUT2D eigenvalue weighted by molar-refractivity contribution is 7.92. The van der Waals surface area contributed by atoms with Gasteiger partial charge in [0.15, 0.2) is 9.84 Å². The summed E-state index contributed by atoms with van der Waals surface area (Å²) < 4.78 is 23.7. The molecule has 17 heavy (non-hydrogen) atoms. The molecule has 0 aliphatic carbocycles. The van der Waals surface area contributed by atoms with Crippen molar-refractivity contribution in [3.8, 4) is 0 Å². The van der Waals surface area contributed by atoms with Crippen LogP contribution in [0.25, 0.3) is 0 Å². The molecule has 0 aliphatic rings. The first-order valence-electron chi connectivity index (χ1n) is 5.95. The molecule has 0 aromatic rings. The normalized spacial score (nSPS) is 15.6. The fourth-order valence-corrected chi connectivity index (χ4v) is 2.70. The lowest BCUT2D eigenvalue weighted by Crippen LogP contribution is -2.43. The molecule has 0 radical (unpaired) electrons. The Hall–Kier alpha value is -0.620. The highest BCUT2D eigenvalue weighted by Gasteiger charge is 2.29. The Bertz CT molecular complexity index is 339. The smallest absolute Gasteiger partial charge is 0.238 e. The fourth-order valence-electron chi connectivity index (χ4n) is 1.17. The number of amides is 1. The van der Waals surface area contributed by atoms with E-state index in [1.54, 1.807) is 0 Å². The Morgan fingerprint density at radius 3 is 2.24 bits per heavy atom. The van der Waals surface area contributed by atoms with Crippen LogP contribution in [0.15, 0.2) is 0 Å². The summed E-state index contributed by atoms with van der Waals surface area (Å²) in [6.07, 6.45) is 0.583. The second-order valence-corrected chi connectivity index (χ2v) is 7.15. The summed E-state index contributed by atoms with van der Waals surface area (Å²) in [5.41, 5.74) is 5.61. The number of hydrogen-bond acceptors (Lipinski definition) is 4. The highest BCUT2D eigenvalue weighted by atomic mass is 32.2. The molecule has 5 nitrogen and oxygen atoms in total. The monoisotopic (exact) mass is 264 g/mol. The van der Waals surface area contributed by atoms with Crippen molar-refractivity contribution in [2.24, 2.45) is 11.7 Å². The van der Waals surface area contributed by atoms with Crippen LogP contribution in [0.1, 0.15) is 34.1 Å². The lowest BCUT2D eigenvalue weighted by Gasteiger charge is -2.16. The third kappa shape index (κ3) is 6.02. The van der Waals surface area contributed by atoms with Crippen LogP contribution in [-0.2, 0) is 14.6 Å². The molecule has 0 aromatic heterocycles. The van der Waals surface area contributed by atoms with Crippen molar-refractivity contribution in [1.82, 2.24) is 5.32 Å². The van der Waals surface area contributed by atoms with E-state index in [9.17, 15) is 13.2 Å². The van der Waals surface area contributed by atoms with Gasteiger partial charge in [0.05, 0.1) is 5.75 Å². The minimum Gasteiger partial charge on any atom is -0.355 e. The van der Waals surface area contributed by atoms with Gasteiger partial charge in [0.25, 0.3) is 0 Å². The minimum atomic E-state index is -3.46. The van der Waals surface area contributed by atoms with Crippen LogP contribution in [0, 0.1) is 5.92 Å². The molecular weight excluding hydrogens is 240 g/mol. The van der Waals surface area contributed by atoms with Crippen molar-refractivity contribution in [3.05, 3.63) is 0 Å². The zero-order valence-corrected chi connectivity index (χ0v) is 11.9. The van der Waals surface area contributed by atoms with Gasteiger partial charge < -0.3 is 11.1 Å². The third-order valence-electron chi connectivity index (χ3n) is 2.56. The van der Waals surface area contributed by atoms with Gasteiger partial charge in [0.2, 0.25) is 5.91 Å². The number of carbonyl (C=O) groups is 1. The van der Waals surface area contributed by atoms with Crippen LogP contribution in [-0.4, -0.2) is 37.9 Å². The molecule has 0 fully saturated rings. The maximum absolute atomic E-state index is 11.8. The van der Waals surface area contributed by atoms with Crippen LogP contribution in [0.5, 0.6) is 0 Å². The van der Waals surface area contributed by atoms with Crippen molar-refractivity contribution >= 4 is 15.7 Å². The first-order chi connectivity index (χ1) is 7.70. The molecule has 0 saturated heterocycles. The molecule has 0 saturated carbocycles. The quantitative estimate of drug-likeness (QED) is 0.692. The topological polar surface area (TPSA) is 89.3 Å². The zero-order chi connectivity index (χ0) is 13.6. The van der Waals surface area contributed by atoms with Crippen molar-refractivity contribution < 1.29 is 13.2 Å². The standard InChI is InChI=1S/C11H24N2O3S/c1-5-10(12)7-17(15,16)9(4)11(14)13-6-8(2)3/h8-10H,5-7,12H2,1-4H3,(H,13,14). The second-order valence-electron chi connectivity index (χ2n) is 4.78. The van der Waals surface area contributed by atoms with E-state index in [0.29, 0.717) is 18.9 Å². The Balaban J connectivity index is 4.46. The fraction of sp³-hybridized carbons (Fsp3) is 0.909. The van der Waals surface area contributed by atoms with Crippen molar-refractivity contribution in [2.45, 2.75) is 45.4 Å². The molecule has 3 N–H and O–H groups in total. The SMILES string of the molecule is CCC(N)CS(=O)(=O)C(C)C(=O)NCC(C)C. The molecule has 2 atom stereocenters. The molecule has 0 spiro atoms. The number of hydrogen-bond donors (Lipinski definition) is 2. The van der Waals surface area contributed by atoms with Crippen LogP contribution in [0.4, 0.5) is 0 Å². The van der Waals surface area contributed by atoms with E-state index < -0.39 is 27.0 Å². The predicted molar refractivity (Wildman–Crippen MR) is 69.4 cm³/mol. The molecular formula is C11H24N2O3S. The summed E-state index contributed by atoms with van der Waals surface area (Å²) in [4.78, 5) is 11.6. The van der Waals surface area contributed by atoms with Crippen molar-refractivity contribution in [2.75, 3.05) is 12.3 Å². The average Bonchev–Trinajstić information content (AvgIpc) is 2.23. The van der Waals surface area contributed by atoms with Gasteiger partial charge in [0, 0.05) is 12.6 Å². The number of carbonyl (C=O) groups excluding carboxylic acids is 1. The molecule has 2 unspecified atom stereocenters. The zero-order valence-electron chi connectivity index (χ0n) is 11.1. The molecule has 0 rings (SSSR count). The predicted octanol–water partition coefficient (Wildman–Crippen LogP) is 0.299. The molecule has 0 bridgehead atoms. The van der Waals surface area contributed by atoms with E-state index >= 15 is 0 Å². The number of nitrogens with two attached hydrogens (primary N) is 1. The molecule has 1 amide bonds. The van der Waals surface area contributed by atoms with Crippen molar-refractivity contribution in [3.63, 3.8) is 0 Å². The summed E-state index contributed by atoms with van der Waals surface area (Å²) >= 11 is 0. The maximum atomic E-state index is 11.8. The summed E-state index contributed by atoms with van der Waals surface area (Å²) in [6.45, 7) is 7.62. The van der Waals surface area contributed by atoms with Crippen LogP contribution < -0.4 is 11.1 Å².